The molecule has 0 radical (unpaired) electrons. The fourth-order valence-corrected chi connectivity index (χ4v) is 1.27. The molecule has 0 aliphatic carbocycles. The predicted molar refractivity (Wildman–Crippen MR) is 42.3 cm³/mol. The van der Waals surface area contributed by atoms with E-state index in [1.165, 1.54) is 0 Å². The molecule has 0 saturated carbocycles. The van der Waals surface area contributed by atoms with Crippen LogP contribution in [0.2, 0.25) is 0 Å². The third-order valence-corrected chi connectivity index (χ3v) is 2.17. The molecule has 1 N–H and O–H groups in total. The second kappa shape index (κ2) is 3.72. The van der Waals surface area contributed by atoms with Crippen LogP contribution >= 0.6 is 0 Å². The Bertz CT molecular complexity index is 147. The van der Waals surface area contributed by atoms with E-state index in [2.05, 4.69) is 5.32 Å². The highest BCUT2D eigenvalue weighted by molar-refractivity contribution is 5.70. The molecule has 1 saturated heterocycles. The predicted octanol–water partition coefficient (Wildman–Crippen LogP) is 0.690. The third kappa shape index (κ3) is 2.19. The van der Waals surface area contributed by atoms with Crippen molar-refractivity contribution in [3.63, 3.8) is 0 Å². The molecule has 0 aromatic rings. The lowest BCUT2D eigenvalue weighted by Gasteiger charge is -2.27. The first kappa shape index (κ1) is 8.53. The van der Waals surface area contributed by atoms with Crippen molar-refractivity contribution in [3.05, 3.63) is 0 Å². The van der Waals surface area contributed by atoms with E-state index in [1.54, 1.807) is 0 Å². The van der Waals surface area contributed by atoms with Gasteiger partial charge >= 0.3 is 5.97 Å². The molecule has 0 spiro atoms. The summed E-state index contributed by atoms with van der Waals surface area (Å²) in [6, 6.07) is 0.277. The maximum absolute atomic E-state index is 10.8. The molecule has 0 aromatic carbocycles. The van der Waals surface area contributed by atoms with Gasteiger partial charge in [0.1, 0.15) is 6.10 Å². The Labute approximate surface area is 67.1 Å². The van der Waals surface area contributed by atoms with Crippen molar-refractivity contribution in [2.45, 2.75) is 38.3 Å². The normalized spacial score (nSPS) is 27.8. The zero-order valence-electron chi connectivity index (χ0n) is 7.09. The molecule has 0 bridgehead atoms. The summed E-state index contributed by atoms with van der Waals surface area (Å²) in [5.74, 6) is -0.0525. The standard InChI is InChI=1S/C8H15NO2/c1-6(9-2)7-4-3-5-8(10)11-7/h6-7,9H,3-5H2,1-2H3. The molecule has 1 fully saturated rings. The molecule has 2 atom stereocenters. The van der Waals surface area contributed by atoms with Crippen LogP contribution in [0.15, 0.2) is 0 Å². The van der Waals surface area contributed by atoms with Gasteiger partial charge < -0.3 is 10.1 Å². The second-order valence-electron chi connectivity index (χ2n) is 3.00. The Morgan fingerprint density at radius 1 is 1.73 bits per heavy atom. The number of esters is 1. The summed E-state index contributed by atoms with van der Waals surface area (Å²) >= 11 is 0. The van der Waals surface area contributed by atoms with Gasteiger partial charge in [-0.25, -0.2) is 0 Å². The van der Waals surface area contributed by atoms with Crippen LogP contribution in [-0.4, -0.2) is 25.2 Å². The maximum Gasteiger partial charge on any atom is 0.306 e. The molecule has 1 heterocycles. The first-order valence-corrected chi connectivity index (χ1v) is 4.11. The monoisotopic (exact) mass is 157 g/mol. The third-order valence-electron chi connectivity index (χ3n) is 2.17. The average Bonchev–Trinajstić information content (AvgIpc) is 2.03. The lowest BCUT2D eigenvalue weighted by atomic mass is 10.0. The minimum atomic E-state index is -0.0525. The number of likely N-dealkylation sites (N-methyl/N-ethyl adjacent to an activating group) is 1. The fraction of sp³-hybridized carbons (Fsp3) is 0.875. The van der Waals surface area contributed by atoms with E-state index in [9.17, 15) is 4.79 Å². The quantitative estimate of drug-likeness (QED) is 0.599. The van der Waals surface area contributed by atoms with E-state index in [1.807, 2.05) is 14.0 Å². The van der Waals surface area contributed by atoms with Crippen molar-refractivity contribution in [1.82, 2.24) is 5.32 Å². The number of hydrogen-bond donors (Lipinski definition) is 1. The van der Waals surface area contributed by atoms with Crippen LogP contribution in [-0.2, 0) is 9.53 Å². The summed E-state index contributed by atoms with van der Waals surface area (Å²) in [7, 11) is 1.88. The first-order valence-electron chi connectivity index (χ1n) is 4.11. The smallest absolute Gasteiger partial charge is 0.306 e. The Balaban J connectivity index is 2.39. The van der Waals surface area contributed by atoms with E-state index < -0.39 is 0 Å². The number of rotatable bonds is 2. The number of carbonyl (C=O) groups excluding carboxylic acids is 1. The molecule has 0 amide bonds. The van der Waals surface area contributed by atoms with Crippen molar-refractivity contribution in [2.24, 2.45) is 0 Å². The van der Waals surface area contributed by atoms with Crippen molar-refractivity contribution in [1.29, 1.82) is 0 Å². The van der Waals surface area contributed by atoms with Crippen molar-refractivity contribution in [2.75, 3.05) is 7.05 Å². The molecule has 0 aromatic heterocycles. The molecule has 1 aliphatic heterocycles. The van der Waals surface area contributed by atoms with E-state index in [4.69, 9.17) is 4.74 Å². The van der Waals surface area contributed by atoms with E-state index in [0.717, 1.165) is 12.8 Å². The molecule has 11 heavy (non-hydrogen) atoms. The van der Waals surface area contributed by atoms with Crippen LogP contribution in [0, 0.1) is 0 Å². The zero-order chi connectivity index (χ0) is 8.27. The molecular formula is C8H15NO2. The molecule has 3 heteroatoms. The van der Waals surface area contributed by atoms with Gasteiger partial charge in [-0.05, 0) is 26.8 Å². The average molecular weight is 157 g/mol. The molecule has 1 rings (SSSR count). The Hall–Kier alpha value is -0.570. The summed E-state index contributed by atoms with van der Waals surface area (Å²) in [5.41, 5.74) is 0. The minimum absolute atomic E-state index is 0.0525. The molecular weight excluding hydrogens is 142 g/mol. The van der Waals surface area contributed by atoms with Gasteiger partial charge in [0.15, 0.2) is 0 Å². The Morgan fingerprint density at radius 3 is 3.00 bits per heavy atom. The summed E-state index contributed by atoms with van der Waals surface area (Å²) in [5, 5.41) is 3.08. The Morgan fingerprint density at radius 2 is 2.45 bits per heavy atom. The van der Waals surface area contributed by atoms with Gasteiger partial charge in [-0.3, -0.25) is 4.79 Å². The Kier molecular flexibility index (Phi) is 2.88. The maximum atomic E-state index is 10.8. The van der Waals surface area contributed by atoms with Crippen LogP contribution in [0.5, 0.6) is 0 Å². The lowest BCUT2D eigenvalue weighted by Crippen LogP contribution is -2.40. The summed E-state index contributed by atoms with van der Waals surface area (Å²) in [6.45, 7) is 2.03. The topological polar surface area (TPSA) is 38.3 Å². The zero-order valence-corrected chi connectivity index (χ0v) is 7.09. The highest BCUT2D eigenvalue weighted by atomic mass is 16.5. The molecule has 1 aliphatic rings. The summed E-state index contributed by atoms with van der Waals surface area (Å²) in [4.78, 5) is 10.8. The van der Waals surface area contributed by atoms with Crippen molar-refractivity contribution in [3.8, 4) is 0 Å². The first-order chi connectivity index (χ1) is 5.24. The number of carbonyl (C=O) groups is 1. The van der Waals surface area contributed by atoms with Crippen molar-refractivity contribution < 1.29 is 9.53 Å². The number of nitrogens with one attached hydrogen (secondary N) is 1. The molecule has 2 unspecified atom stereocenters. The molecule has 3 nitrogen and oxygen atoms in total. The van der Waals surface area contributed by atoms with Gasteiger partial charge in [0.2, 0.25) is 0 Å². The highest BCUT2D eigenvalue weighted by Crippen LogP contribution is 2.16. The van der Waals surface area contributed by atoms with Gasteiger partial charge in [-0.15, -0.1) is 0 Å². The van der Waals surface area contributed by atoms with Crippen LogP contribution in [0.4, 0.5) is 0 Å². The number of cyclic esters (lactones) is 1. The summed E-state index contributed by atoms with van der Waals surface area (Å²) < 4.78 is 5.14. The van der Waals surface area contributed by atoms with Gasteiger partial charge in [-0.1, -0.05) is 0 Å². The largest absolute Gasteiger partial charge is 0.461 e. The van der Waals surface area contributed by atoms with Crippen LogP contribution in [0.1, 0.15) is 26.2 Å². The van der Waals surface area contributed by atoms with Gasteiger partial charge in [-0.2, -0.15) is 0 Å². The van der Waals surface area contributed by atoms with E-state index in [-0.39, 0.29) is 18.1 Å². The van der Waals surface area contributed by atoms with Crippen LogP contribution in [0.25, 0.3) is 0 Å². The number of ether oxygens (including phenoxy) is 1. The molecule has 64 valence electrons. The lowest BCUT2D eigenvalue weighted by molar-refractivity contribution is -0.155. The van der Waals surface area contributed by atoms with E-state index in [0.29, 0.717) is 6.42 Å². The fourth-order valence-electron chi connectivity index (χ4n) is 1.27. The second-order valence-corrected chi connectivity index (χ2v) is 3.00. The van der Waals surface area contributed by atoms with E-state index >= 15 is 0 Å². The van der Waals surface area contributed by atoms with Gasteiger partial charge in [0, 0.05) is 12.5 Å². The minimum Gasteiger partial charge on any atom is -0.461 e. The van der Waals surface area contributed by atoms with Crippen molar-refractivity contribution >= 4 is 5.97 Å². The highest BCUT2D eigenvalue weighted by Gasteiger charge is 2.24. The summed E-state index contributed by atoms with van der Waals surface area (Å²) in [6.07, 6.45) is 2.64. The van der Waals surface area contributed by atoms with Gasteiger partial charge in [0.05, 0.1) is 0 Å². The SMILES string of the molecule is CNC(C)C1CCCC(=O)O1. The van der Waals surface area contributed by atoms with Gasteiger partial charge in [0.25, 0.3) is 0 Å². The van der Waals surface area contributed by atoms with Crippen LogP contribution < -0.4 is 5.32 Å². The van der Waals surface area contributed by atoms with Crippen LogP contribution in [0.3, 0.4) is 0 Å². The number of hydrogen-bond acceptors (Lipinski definition) is 3.